The van der Waals surface area contributed by atoms with Gasteiger partial charge in [-0.3, -0.25) is 4.79 Å². The summed E-state index contributed by atoms with van der Waals surface area (Å²) >= 11 is 0. The van der Waals surface area contributed by atoms with Crippen LogP contribution >= 0.6 is 0 Å². The molecule has 0 radical (unpaired) electrons. The molecule has 0 aromatic carbocycles. The molecule has 0 aliphatic carbocycles. The standard InChI is InChI=1S/C11H21NO4/c1-8(2)7-15-3-4-16-11(14)10-5-9(13)6-12-10/h8-10,12-13H,3-7H2,1-2H3. The fourth-order valence-electron chi connectivity index (χ4n) is 1.52. The van der Waals surface area contributed by atoms with Gasteiger partial charge in [-0.05, 0) is 5.92 Å². The van der Waals surface area contributed by atoms with E-state index >= 15 is 0 Å². The Morgan fingerprint density at radius 2 is 2.25 bits per heavy atom. The number of nitrogens with one attached hydrogen (secondary N) is 1. The molecule has 0 aromatic rings. The minimum Gasteiger partial charge on any atom is -0.462 e. The Balaban J connectivity index is 2.02. The molecule has 0 spiro atoms. The summed E-state index contributed by atoms with van der Waals surface area (Å²) in [4.78, 5) is 11.4. The van der Waals surface area contributed by atoms with Crippen LogP contribution in [0.3, 0.4) is 0 Å². The van der Waals surface area contributed by atoms with Crippen LogP contribution in [0.2, 0.25) is 0 Å². The molecular formula is C11H21NO4. The summed E-state index contributed by atoms with van der Waals surface area (Å²) < 4.78 is 10.3. The molecule has 1 heterocycles. The third-order valence-corrected chi connectivity index (χ3v) is 2.32. The molecule has 2 unspecified atom stereocenters. The first-order valence-corrected chi connectivity index (χ1v) is 5.75. The van der Waals surface area contributed by atoms with Crippen molar-refractivity contribution in [2.45, 2.75) is 32.4 Å². The van der Waals surface area contributed by atoms with Crippen molar-refractivity contribution < 1.29 is 19.4 Å². The lowest BCUT2D eigenvalue weighted by Crippen LogP contribution is -2.33. The number of aliphatic hydroxyl groups excluding tert-OH is 1. The quantitative estimate of drug-likeness (QED) is 0.494. The van der Waals surface area contributed by atoms with Gasteiger partial charge in [-0.15, -0.1) is 0 Å². The highest BCUT2D eigenvalue weighted by Gasteiger charge is 2.28. The number of esters is 1. The van der Waals surface area contributed by atoms with Gasteiger partial charge in [0, 0.05) is 19.6 Å². The van der Waals surface area contributed by atoms with Gasteiger partial charge in [0.1, 0.15) is 12.6 Å². The van der Waals surface area contributed by atoms with Gasteiger partial charge < -0.3 is 19.9 Å². The van der Waals surface area contributed by atoms with Crippen molar-refractivity contribution in [2.24, 2.45) is 5.92 Å². The first-order valence-electron chi connectivity index (χ1n) is 5.75. The van der Waals surface area contributed by atoms with Crippen molar-refractivity contribution in [1.29, 1.82) is 0 Å². The van der Waals surface area contributed by atoms with E-state index in [2.05, 4.69) is 19.2 Å². The highest BCUT2D eigenvalue weighted by atomic mass is 16.6. The molecule has 2 atom stereocenters. The summed E-state index contributed by atoms with van der Waals surface area (Å²) in [6, 6.07) is -0.361. The number of β-amino-alcohol motifs (C(OH)–C–C–N with tert-alkyl or cyclic N) is 1. The smallest absolute Gasteiger partial charge is 0.323 e. The molecule has 2 N–H and O–H groups in total. The molecular weight excluding hydrogens is 210 g/mol. The van der Waals surface area contributed by atoms with Crippen LogP contribution in [-0.4, -0.2) is 49.6 Å². The number of hydrogen-bond donors (Lipinski definition) is 2. The van der Waals surface area contributed by atoms with Crippen molar-refractivity contribution in [3.8, 4) is 0 Å². The summed E-state index contributed by atoms with van der Waals surface area (Å²) in [5.41, 5.74) is 0. The van der Waals surface area contributed by atoms with Gasteiger partial charge in [0.25, 0.3) is 0 Å². The number of rotatable bonds is 6. The lowest BCUT2D eigenvalue weighted by molar-refractivity contribution is -0.147. The van der Waals surface area contributed by atoms with Crippen LogP contribution in [0.5, 0.6) is 0 Å². The maximum atomic E-state index is 11.4. The fraction of sp³-hybridized carbons (Fsp3) is 0.909. The number of hydrogen-bond acceptors (Lipinski definition) is 5. The number of carbonyl (C=O) groups excluding carboxylic acids is 1. The zero-order valence-electron chi connectivity index (χ0n) is 9.94. The van der Waals surface area contributed by atoms with E-state index in [1.54, 1.807) is 0 Å². The van der Waals surface area contributed by atoms with Crippen molar-refractivity contribution in [3.63, 3.8) is 0 Å². The average molecular weight is 231 g/mol. The molecule has 1 rings (SSSR count). The Hall–Kier alpha value is -0.650. The zero-order chi connectivity index (χ0) is 12.0. The summed E-state index contributed by atoms with van der Waals surface area (Å²) in [5, 5.41) is 12.1. The molecule has 1 fully saturated rings. The van der Waals surface area contributed by atoms with Crippen molar-refractivity contribution in [2.75, 3.05) is 26.4 Å². The van der Waals surface area contributed by atoms with E-state index in [0.717, 1.165) is 0 Å². The Morgan fingerprint density at radius 1 is 1.50 bits per heavy atom. The Labute approximate surface area is 96.1 Å². The monoisotopic (exact) mass is 231 g/mol. The van der Waals surface area contributed by atoms with E-state index < -0.39 is 6.10 Å². The SMILES string of the molecule is CC(C)COCCOC(=O)C1CC(O)CN1. The van der Waals surface area contributed by atoms with Crippen LogP contribution in [0.15, 0.2) is 0 Å². The van der Waals surface area contributed by atoms with Gasteiger partial charge in [0.15, 0.2) is 0 Å². The Morgan fingerprint density at radius 3 is 2.81 bits per heavy atom. The molecule has 16 heavy (non-hydrogen) atoms. The molecule has 1 saturated heterocycles. The van der Waals surface area contributed by atoms with Gasteiger partial charge in [-0.25, -0.2) is 0 Å². The predicted octanol–water partition coefficient (Wildman–Crippen LogP) is -0.0750. The third-order valence-electron chi connectivity index (χ3n) is 2.32. The highest BCUT2D eigenvalue weighted by Crippen LogP contribution is 2.07. The second kappa shape index (κ2) is 6.83. The van der Waals surface area contributed by atoms with E-state index in [1.165, 1.54) is 0 Å². The van der Waals surface area contributed by atoms with Crippen LogP contribution in [-0.2, 0) is 14.3 Å². The van der Waals surface area contributed by atoms with E-state index in [-0.39, 0.29) is 18.6 Å². The van der Waals surface area contributed by atoms with Crippen LogP contribution in [0.1, 0.15) is 20.3 Å². The first kappa shape index (κ1) is 13.4. The summed E-state index contributed by atoms with van der Waals surface area (Å²) in [6.45, 7) is 5.98. The Bertz CT molecular complexity index is 220. The topological polar surface area (TPSA) is 67.8 Å². The van der Waals surface area contributed by atoms with E-state index in [0.29, 0.717) is 32.1 Å². The summed E-state index contributed by atoms with van der Waals surface area (Å²) in [5.74, 6) is 0.187. The van der Waals surface area contributed by atoms with E-state index in [1.807, 2.05) is 0 Å². The molecule has 94 valence electrons. The molecule has 0 bridgehead atoms. The molecule has 1 aliphatic rings. The first-order chi connectivity index (χ1) is 7.59. The lowest BCUT2D eigenvalue weighted by Gasteiger charge is -2.11. The fourth-order valence-corrected chi connectivity index (χ4v) is 1.52. The van der Waals surface area contributed by atoms with Crippen LogP contribution in [0.4, 0.5) is 0 Å². The maximum absolute atomic E-state index is 11.4. The van der Waals surface area contributed by atoms with Crippen molar-refractivity contribution >= 4 is 5.97 Å². The maximum Gasteiger partial charge on any atom is 0.323 e. The van der Waals surface area contributed by atoms with Crippen LogP contribution < -0.4 is 5.32 Å². The summed E-state index contributed by atoms with van der Waals surface area (Å²) in [7, 11) is 0. The van der Waals surface area contributed by atoms with Gasteiger partial charge in [-0.2, -0.15) is 0 Å². The second-order valence-corrected chi connectivity index (χ2v) is 4.49. The summed E-state index contributed by atoms with van der Waals surface area (Å²) in [6.07, 6.45) is 0.000770. The molecule has 0 amide bonds. The van der Waals surface area contributed by atoms with Gasteiger partial charge in [0.05, 0.1) is 12.7 Å². The van der Waals surface area contributed by atoms with Crippen molar-refractivity contribution in [1.82, 2.24) is 5.32 Å². The van der Waals surface area contributed by atoms with E-state index in [4.69, 9.17) is 9.47 Å². The number of carbonyl (C=O) groups is 1. The molecule has 5 heteroatoms. The predicted molar refractivity (Wildman–Crippen MR) is 59.0 cm³/mol. The number of aliphatic hydroxyl groups is 1. The largest absolute Gasteiger partial charge is 0.462 e. The minimum absolute atomic E-state index is 0.278. The van der Waals surface area contributed by atoms with Crippen LogP contribution in [0, 0.1) is 5.92 Å². The van der Waals surface area contributed by atoms with Crippen molar-refractivity contribution in [3.05, 3.63) is 0 Å². The Kier molecular flexibility index (Phi) is 5.73. The third kappa shape index (κ3) is 4.92. The zero-order valence-corrected chi connectivity index (χ0v) is 9.94. The average Bonchev–Trinajstić information content (AvgIpc) is 2.63. The van der Waals surface area contributed by atoms with Gasteiger partial charge >= 0.3 is 5.97 Å². The normalized spacial score (nSPS) is 25.0. The van der Waals surface area contributed by atoms with Gasteiger partial charge in [0.2, 0.25) is 0 Å². The minimum atomic E-state index is -0.435. The number of ether oxygens (including phenoxy) is 2. The molecule has 1 aliphatic heterocycles. The lowest BCUT2D eigenvalue weighted by atomic mass is 10.2. The van der Waals surface area contributed by atoms with Crippen LogP contribution in [0.25, 0.3) is 0 Å². The second-order valence-electron chi connectivity index (χ2n) is 4.49. The molecule has 0 aromatic heterocycles. The molecule has 0 saturated carbocycles. The van der Waals surface area contributed by atoms with E-state index in [9.17, 15) is 9.90 Å². The van der Waals surface area contributed by atoms with Gasteiger partial charge in [-0.1, -0.05) is 13.8 Å². The highest BCUT2D eigenvalue weighted by molar-refractivity contribution is 5.76. The molecule has 5 nitrogen and oxygen atoms in total.